The van der Waals surface area contributed by atoms with Gasteiger partial charge in [-0.3, -0.25) is 4.79 Å². The number of unbranched alkanes of at least 4 members (excludes halogenated alkanes) is 8. The third-order valence-corrected chi connectivity index (χ3v) is 3.80. The van der Waals surface area contributed by atoms with Crippen LogP contribution in [0.2, 0.25) is 0 Å². The highest BCUT2D eigenvalue weighted by molar-refractivity contribution is 5.66. The van der Waals surface area contributed by atoms with E-state index >= 15 is 0 Å². The van der Waals surface area contributed by atoms with Crippen LogP contribution in [0.5, 0.6) is 0 Å². The number of aliphatic carboxylic acids is 1. The lowest BCUT2D eigenvalue weighted by Gasteiger charge is -2.08. The summed E-state index contributed by atoms with van der Waals surface area (Å²) in [7, 11) is 0. The van der Waals surface area contributed by atoms with Crippen molar-refractivity contribution in [3.63, 3.8) is 0 Å². The third-order valence-electron chi connectivity index (χ3n) is 3.80. The standard InChI is InChI=1S/C18H35NO2/c1-2-3-4-11-14-17(19)15-12-9-7-5-6-8-10-13-16-18(20)21/h9,12,17H,2-8,10-11,13-16,19H2,1H3,(H,20,21)/b12-9-/t17-/m1/s1. The number of carbonyl (C=O) groups is 1. The van der Waals surface area contributed by atoms with Crippen LogP contribution in [0.3, 0.4) is 0 Å². The van der Waals surface area contributed by atoms with E-state index in [1.165, 1.54) is 38.5 Å². The Morgan fingerprint density at radius 3 is 2.38 bits per heavy atom. The molecule has 124 valence electrons. The van der Waals surface area contributed by atoms with Crippen molar-refractivity contribution in [2.75, 3.05) is 0 Å². The number of hydrogen-bond acceptors (Lipinski definition) is 2. The quantitative estimate of drug-likeness (QED) is 0.328. The maximum atomic E-state index is 10.3. The van der Waals surface area contributed by atoms with E-state index in [1.807, 2.05) is 0 Å². The van der Waals surface area contributed by atoms with Gasteiger partial charge in [0.05, 0.1) is 0 Å². The van der Waals surface area contributed by atoms with Crippen molar-refractivity contribution >= 4 is 5.97 Å². The van der Waals surface area contributed by atoms with Gasteiger partial charge in [-0.1, -0.05) is 64.0 Å². The molecular weight excluding hydrogens is 262 g/mol. The van der Waals surface area contributed by atoms with Crippen molar-refractivity contribution in [1.82, 2.24) is 0 Å². The van der Waals surface area contributed by atoms with E-state index in [0.717, 1.165) is 38.5 Å². The molecule has 0 radical (unpaired) electrons. The van der Waals surface area contributed by atoms with E-state index in [1.54, 1.807) is 0 Å². The molecule has 0 aliphatic rings. The Bertz CT molecular complexity index is 264. The zero-order valence-electron chi connectivity index (χ0n) is 13.9. The number of rotatable bonds is 15. The first-order valence-electron chi connectivity index (χ1n) is 8.79. The molecule has 3 nitrogen and oxygen atoms in total. The lowest BCUT2D eigenvalue weighted by molar-refractivity contribution is -0.137. The van der Waals surface area contributed by atoms with Gasteiger partial charge in [0.25, 0.3) is 0 Å². The Labute approximate surface area is 131 Å². The van der Waals surface area contributed by atoms with Gasteiger partial charge in [0.2, 0.25) is 0 Å². The van der Waals surface area contributed by atoms with Crippen LogP contribution in [0.1, 0.15) is 90.4 Å². The third kappa shape index (κ3) is 17.1. The second-order valence-corrected chi connectivity index (χ2v) is 6.02. The Hall–Kier alpha value is -0.830. The highest BCUT2D eigenvalue weighted by atomic mass is 16.4. The van der Waals surface area contributed by atoms with E-state index in [9.17, 15) is 4.79 Å². The molecule has 0 rings (SSSR count). The van der Waals surface area contributed by atoms with E-state index in [-0.39, 0.29) is 0 Å². The average Bonchev–Trinajstić information content (AvgIpc) is 2.45. The molecule has 0 saturated heterocycles. The number of hydrogen-bond donors (Lipinski definition) is 2. The van der Waals surface area contributed by atoms with E-state index in [0.29, 0.717) is 12.5 Å². The van der Waals surface area contributed by atoms with Crippen LogP contribution in [0.4, 0.5) is 0 Å². The highest BCUT2D eigenvalue weighted by Gasteiger charge is 1.99. The van der Waals surface area contributed by atoms with Crippen molar-refractivity contribution in [2.24, 2.45) is 5.73 Å². The first kappa shape index (κ1) is 20.2. The number of carboxylic acids is 1. The van der Waals surface area contributed by atoms with Crippen LogP contribution in [-0.2, 0) is 4.79 Å². The summed E-state index contributed by atoms with van der Waals surface area (Å²) in [5.41, 5.74) is 6.08. The molecule has 0 aromatic heterocycles. The fourth-order valence-electron chi connectivity index (χ4n) is 2.41. The predicted octanol–water partition coefficient (Wildman–Crippen LogP) is 5.05. The molecule has 0 aliphatic carbocycles. The molecule has 0 amide bonds. The molecule has 0 fully saturated rings. The molecule has 0 heterocycles. The minimum atomic E-state index is -0.677. The zero-order valence-corrected chi connectivity index (χ0v) is 13.9. The van der Waals surface area contributed by atoms with Gasteiger partial charge in [0.1, 0.15) is 0 Å². The highest BCUT2D eigenvalue weighted by Crippen LogP contribution is 2.09. The zero-order chi connectivity index (χ0) is 15.8. The lowest BCUT2D eigenvalue weighted by atomic mass is 10.0. The number of nitrogens with two attached hydrogens (primary N) is 1. The molecule has 0 spiro atoms. The first-order valence-corrected chi connectivity index (χ1v) is 8.79. The number of allylic oxidation sites excluding steroid dienone is 1. The van der Waals surface area contributed by atoms with Crippen LogP contribution < -0.4 is 5.73 Å². The largest absolute Gasteiger partial charge is 0.481 e. The SMILES string of the molecule is CCCCCC[C@@H](N)C/C=C\CCCCCCCC(=O)O. The van der Waals surface area contributed by atoms with E-state index in [2.05, 4.69) is 19.1 Å². The van der Waals surface area contributed by atoms with Gasteiger partial charge in [-0.05, 0) is 32.1 Å². The summed E-state index contributed by atoms with van der Waals surface area (Å²) in [6.07, 6.45) is 18.7. The van der Waals surface area contributed by atoms with Crippen molar-refractivity contribution in [3.05, 3.63) is 12.2 Å². The Morgan fingerprint density at radius 1 is 1.00 bits per heavy atom. The molecule has 1 atom stereocenters. The van der Waals surface area contributed by atoms with E-state index in [4.69, 9.17) is 10.8 Å². The number of carboxylic acid groups (broad SMARTS) is 1. The fraction of sp³-hybridized carbons (Fsp3) is 0.833. The molecule has 0 unspecified atom stereocenters. The smallest absolute Gasteiger partial charge is 0.303 e. The minimum absolute atomic E-state index is 0.316. The molecule has 0 aromatic rings. The van der Waals surface area contributed by atoms with Gasteiger partial charge in [0, 0.05) is 12.5 Å². The molecule has 0 saturated carbocycles. The summed E-state index contributed by atoms with van der Waals surface area (Å²) in [6.45, 7) is 2.23. The maximum absolute atomic E-state index is 10.3. The van der Waals surface area contributed by atoms with Gasteiger partial charge in [-0.25, -0.2) is 0 Å². The van der Waals surface area contributed by atoms with Gasteiger partial charge in [-0.15, -0.1) is 0 Å². The molecular formula is C18H35NO2. The second kappa shape index (κ2) is 15.6. The molecule has 3 heteroatoms. The summed E-state index contributed by atoms with van der Waals surface area (Å²) < 4.78 is 0. The summed E-state index contributed by atoms with van der Waals surface area (Å²) in [4.78, 5) is 10.3. The molecule has 3 N–H and O–H groups in total. The maximum Gasteiger partial charge on any atom is 0.303 e. The van der Waals surface area contributed by atoms with Crippen molar-refractivity contribution in [3.8, 4) is 0 Å². The Morgan fingerprint density at radius 2 is 1.67 bits per heavy atom. The van der Waals surface area contributed by atoms with Gasteiger partial charge < -0.3 is 10.8 Å². The Balaban J connectivity index is 3.26. The molecule has 21 heavy (non-hydrogen) atoms. The summed E-state index contributed by atoms with van der Waals surface area (Å²) >= 11 is 0. The first-order chi connectivity index (χ1) is 10.2. The van der Waals surface area contributed by atoms with Crippen molar-refractivity contribution < 1.29 is 9.90 Å². The molecule has 0 bridgehead atoms. The fourth-order valence-corrected chi connectivity index (χ4v) is 2.41. The second-order valence-electron chi connectivity index (χ2n) is 6.02. The van der Waals surface area contributed by atoms with Gasteiger partial charge >= 0.3 is 5.97 Å². The Kier molecular flexibility index (Phi) is 14.9. The summed E-state index contributed by atoms with van der Waals surface area (Å²) in [5.74, 6) is -0.677. The normalized spacial score (nSPS) is 12.9. The molecule has 0 aromatic carbocycles. The lowest BCUT2D eigenvalue weighted by Crippen LogP contribution is -2.18. The minimum Gasteiger partial charge on any atom is -0.481 e. The van der Waals surface area contributed by atoms with Crippen molar-refractivity contribution in [1.29, 1.82) is 0 Å². The average molecular weight is 297 g/mol. The van der Waals surface area contributed by atoms with Crippen LogP contribution in [0.15, 0.2) is 12.2 Å². The van der Waals surface area contributed by atoms with Crippen LogP contribution in [0, 0.1) is 0 Å². The van der Waals surface area contributed by atoms with Gasteiger partial charge in [-0.2, -0.15) is 0 Å². The van der Waals surface area contributed by atoms with E-state index < -0.39 is 5.97 Å². The van der Waals surface area contributed by atoms with Crippen LogP contribution >= 0.6 is 0 Å². The van der Waals surface area contributed by atoms with Crippen molar-refractivity contribution in [2.45, 2.75) is 96.4 Å². The van der Waals surface area contributed by atoms with Crippen LogP contribution in [0.25, 0.3) is 0 Å². The van der Waals surface area contributed by atoms with Crippen LogP contribution in [-0.4, -0.2) is 17.1 Å². The summed E-state index contributed by atoms with van der Waals surface area (Å²) in [6, 6.07) is 0.328. The molecule has 0 aliphatic heterocycles. The summed E-state index contributed by atoms with van der Waals surface area (Å²) in [5, 5.41) is 8.52. The predicted molar refractivity (Wildman–Crippen MR) is 90.4 cm³/mol. The monoisotopic (exact) mass is 297 g/mol. The topological polar surface area (TPSA) is 63.3 Å². The van der Waals surface area contributed by atoms with Gasteiger partial charge in [0.15, 0.2) is 0 Å².